The number of halogens is 2. The van der Waals surface area contributed by atoms with E-state index in [0.29, 0.717) is 30.4 Å². The molecule has 1 saturated carbocycles. The van der Waals surface area contributed by atoms with E-state index in [-0.39, 0.29) is 35.6 Å². The van der Waals surface area contributed by atoms with E-state index in [1.54, 1.807) is 27.0 Å². The number of alkyl halides is 2. The van der Waals surface area contributed by atoms with Crippen LogP contribution in [-0.2, 0) is 19.1 Å². The molecule has 4 atom stereocenters. The molecule has 0 aromatic carbocycles. The normalized spacial score (nSPS) is 28.2. The third-order valence-electron chi connectivity index (χ3n) is 8.30. The molecule has 4 rings (SSSR count). The predicted molar refractivity (Wildman–Crippen MR) is 160 cm³/mol. The Morgan fingerprint density at radius 1 is 1.16 bits per heavy atom. The van der Waals surface area contributed by atoms with Gasteiger partial charge in [-0.3, -0.25) is 14.5 Å². The molecule has 2 N–H and O–H groups in total. The van der Waals surface area contributed by atoms with E-state index in [1.165, 1.54) is 4.90 Å². The van der Waals surface area contributed by atoms with Crippen molar-refractivity contribution in [1.82, 2.24) is 20.1 Å². The first-order valence-electron chi connectivity index (χ1n) is 15.4. The SMILES string of the molecule is CC1CCC([C@H](NC(=O)OC(C)(C)C)C(=O)Nc2ncc(C(CN3C[C@@H](C)O[C@@H](C)C3)N3CC(F)(F)CCC3=O)s2)CC1. The lowest BCUT2D eigenvalue weighted by molar-refractivity contribution is -0.153. The molecule has 0 bridgehead atoms. The van der Waals surface area contributed by atoms with Gasteiger partial charge in [0.25, 0.3) is 5.92 Å². The first-order chi connectivity index (χ1) is 20.1. The third-order valence-corrected chi connectivity index (χ3v) is 9.31. The number of anilines is 1. The fourth-order valence-electron chi connectivity index (χ4n) is 6.29. The van der Waals surface area contributed by atoms with Crippen LogP contribution in [-0.4, -0.2) is 88.6 Å². The van der Waals surface area contributed by atoms with E-state index in [9.17, 15) is 23.2 Å². The van der Waals surface area contributed by atoms with Gasteiger partial charge in [-0.05, 0) is 59.3 Å². The standard InChI is InChI=1S/C30H47F2N5O5S/c1-18-7-9-21(10-8-18)25(34-28(40)42-29(4,5)6)26(39)35-27-33-13-23(43-27)22(16-36-14-19(2)41-20(3)15-36)37-17-30(31,32)12-11-24(37)38/h13,18-22,25H,7-12,14-17H2,1-6H3,(H,34,40)(H,33,35,39)/t18?,19-,20+,21?,22?,25-/m0/s1. The van der Waals surface area contributed by atoms with E-state index in [4.69, 9.17) is 9.47 Å². The zero-order valence-electron chi connectivity index (χ0n) is 26.2. The zero-order valence-corrected chi connectivity index (χ0v) is 27.0. The zero-order chi connectivity index (χ0) is 31.5. The van der Waals surface area contributed by atoms with Gasteiger partial charge in [0.1, 0.15) is 11.6 Å². The maximum absolute atomic E-state index is 14.5. The fraction of sp³-hybridized carbons (Fsp3) is 0.800. The Bertz CT molecular complexity index is 1130. The van der Waals surface area contributed by atoms with Gasteiger partial charge >= 0.3 is 6.09 Å². The van der Waals surface area contributed by atoms with Gasteiger partial charge in [-0.2, -0.15) is 0 Å². The number of piperidine rings is 1. The van der Waals surface area contributed by atoms with Gasteiger partial charge in [0.15, 0.2) is 5.13 Å². The van der Waals surface area contributed by atoms with Crippen molar-refractivity contribution in [2.45, 2.75) is 116 Å². The molecule has 1 aromatic rings. The summed E-state index contributed by atoms with van der Waals surface area (Å²) in [5.74, 6) is -3.20. The number of rotatable bonds is 8. The summed E-state index contributed by atoms with van der Waals surface area (Å²) in [6.45, 7) is 12.3. The van der Waals surface area contributed by atoms with Crippen molar-refractivity contribution in [2.24, 2.45) is 11.8 Å². The van der Waals surface area contributed by atoms with Gasteiger partial charge in [-0.1, -0.05) is 31.1 Å². The molecule has 0 spiro atoms. The quantitative estimate of drug-likeness (QED) is 0.407. The molecule has 13 heteroatoms. The van der Waals surface area contributed by atoms with Crippen LogP contribution < -0.4 is 10.6 Å². The molecular weight excluding hydrogens is 580 g/mol. The summed E-state index contributed by atoms with van der Waals surface area (Å²) in [5, 5.41) is 5.92. The van der Waals surface area contributed by atoms with Crippen LogP contribution in [0.5, 0.6) is 0 Å². The molecule has 0 radical (unpaired) electrons. The van der Waals surface area contributed by atoms with Gasteiger partial charge in [0.05, 0.1) is 29.7 Å². The monoisotopic (exact) mass is 627 g/mol. The predicted octanol–water partition coefficient (Wildman–Crippen LogP) is 5.21. The van der Waals surface area contributed by atoms with Crippen molar-refractivity contribution >= 4 is 34.4 Å². The Balaban J connectivity index is 1.54. The molecule has 3 amide bonds. The van der Waals surface area contributed by atoms with Crippen molar-refractivity contribution in [1.29, 1.82) is 0 Å². The van der Waals surface area contributed by atoms with Gasteiger partial charge in [0.2, 0.25) is 11.8 Å². The van der Waals surface area contributed by atoms with Crippen LogP contribution >= 0.6 is 11.3 Å². The number of aromatic nitrogens is 1. The van der Waals surface area contributed by atoms with Crippen molar-refractivity contribution in [3.05, 3.63) is 11.1 Å². The number of carbonyl (C=O) groups excluding carboxylic acids is 3. The van der Waals surface area contributed by atoms with Crippen molar-refractivity contribution < 1.29 is 32.6 Å². The molecule has 3 aliphatic rings. The van der Waals surface area contributed by atoms with Gasteiger partial charge < -0.3 is 25.0 Å². The number of amides is 3. The van der Waals surface area contributed by atoms with E-state index in [1.807, 2.05) is 13.8 Å². The van der Waals surface area contributed by atoms with Gasteiger partial charge in [-0.25, -0.2) is 18.6 Å². The number of hydrogen-bond acceptors (Lipinski definition) is 8. The summed E-state index contributed by atoms with van der Waals surface area (Å²) >= 11 is 1.16. The van der Waals surface area contributed by atoms with Gasteiger partial charge in [0, 0.05) is 38.7 Å². The lowest BCUT2D eigenvalue weighted by Gasteiger charge is -2.42. The number of carbonyl (C=O) groups is 3. The Hall–Kier alpha value is -2.38. The molecule has 1 unspecified atom stereocenters. The average Bonchev–Trinajstić information content (AvgIpc) is 3.34. The molecule has 242 valence electrons. The molecular formula is C30H47F2N5O5S. The molecule has 2 saturated heterocycles. The maximum Gasteiger partial charge on any atom is 0.408 e. The average molecular weight is 628 g/mol. The summed E-state index contributed by atoms with van der Waals surface area (Å²) in [6, 6.07) is -1.47. The van der Waals surface area contributed by atoms with Gasteiger partial charge in [-0.15, -0.1) is 0 Å². The molecule has 10 nitrogen and oxygen atoms in total. The number of alkyl carbamates (subject to hydrolysis) is 1. The first-order valence-corrected chi connectivity index (χ1v) is 16.2. The number of hydrogen-bond donors (Lipinski definition) is 2. The minimum absolute atomic E-state index is 0.0311. The third kappa shape index (κ3) is 9.55. The highest BCUT2D eigenvalue weighted by molar-refractivity contribution is 7.15. The largest absolute Gasteiger partial charge is 0.444 e. The van der Waals surface area contributed by atoms with Crippen LogP contribution in [0.3, 0.4) is 0 Å². The minimum atomic E-state index is -2.97. The Morgan fingerprint density at radius 3 is 2.44 bits per heavy atom. The molecule has 2 aliphatic heterocycles. The Labute approximate surface area is 257 Å². The summed E-state index contributed by atoms with van der Waals surface area (Å²) in [7, 11) is 0. The first kappa shape index (κ1) is 33.5. The van der Waals surface area contributed by atoms with Crippen LogP contribution in [0.15, 0.2) is 6.20 Å². The Morgan fingerprint density at radius 2 is 1.81 bits per heavy atom. The molecule has 3 fully saturated rings. The number of likely N-dealkylation sites (tertiary alicyclic amines) is 1. The van der Waals surface area contributed by atoms with Crippen LogP contribution in [0.25, 0.3) is 0 Å². The Kier molecular flexibility index (Phi) is 10.7. The van der Waals surface area contributed by atoms with Crippen LogP contribution in [0, 0.1) is 11.8 Å². The summed E-state index contributed by atoms with van der Waals surface area (Å²) in [6.07, 6.45) is 3.65. The maximum atomic E-state index is 14.5. The number of morpholine rings is 1. The van der Waals surface area contributed by atoms with E-state index in [2.05, 4.69) is 27.4 Å². The fourth-order valence-corrected chi connectivity index (χ4v) is 7.21. The number of nitrogens with one attached hydrogen (secondary N) is 2. The summed E-state index contributed by atoms with van der Waals surface area (Å²) in [4.78, 5) is 47.6. The lowest BCUT2D eigenvalue weighted by Crippen LogP contribution is -2.53. The number of thiazole rings is 1. The molecule has 1 aromatic heterocycles. The summed E-state index contributed by atoms with van der Waals surface area (Å²) in [5.41, 5.74) is -0.718. The summed E-state index contributed by atoms with van der Waals surface area (Å²) < 4.78 is 40.4. The van der Waals surface area contributed by atoms with Crippen LogP contribution in [0.4, 0.5) is 18.7 Å². The highest BCUT2D eigenvalue weighted by Gasteiger charge is 2.43. The number of ether oxygens (including phenoxy) is 2. The minimum Gasteiger partial charge on any atom is -0.444 e. The second-order valence-electron chi connectivity index (χ2n) is 13.6. The highest BCUT2D eigenvalue weighted by atomic mass is 32.1. The van der Waals surface area contributed by atoms with E-state index >= 15 is 0 Å². The van der Waals surface area contributed by atoms with Crippen LogP contribution in [0.2, 0.25) is 0 Å². The van der Waals surface area contributed by atoms with Crippen molar-refractivity contribution in [3.8, 4) is 0 Å². The highest BCUT2D eigenvalue weighted by Crippen LogP contribution is 2.37. The molecule has 43 heavy (non-hydrogen) atoms. The number of nitrogens with zero attached hydrogens (tertiary/aromatic N) is 3. The van der Waals surface area contributed by atoms with Crippen molar-refractivity contribution in [2.75, 3.05) is 31.5 Å². The molecule has 1 aliphatic carbocycles. The molecule has 3 heterocycles. The van der Waals surface area contributed by atoms with E-state index < -0.39 is 48.6 Å². The smallest absolute Gasteiger partial charge is 0.408 e. The lowest BCUT2D eigenvalue weighted by atomic mass is 9.79. The van der Waals surface area contributed by atoms with Crippen molar-refractivity contribution in [3.63, 3.8) is 0 Å². The topological polar surface area (TPSA) is 113 Å². The van der Waals surface area contributed by atoms with Crippen LogP contribution in [0.1, 0.15) is 91.0 Å². The van der Waals surface area contributed by atoms with E-state index in [0.717, 1.165) is 37.0 Å². The second kappa shape index (κ2) is 13.7. The second-order valence-corrected chi connectivity index (χ2v) is 14.6.